The molecule has 0 saturated carbocycles. The molecule has 0 N–H and O–H groups in total. The highest BCUT2D eigenvalue weighted by Gasteiger charge is 2.18. The van der Waals surface area contributed by atoms with Crippen molar-refractivity contribution in [3.8, 4) is 11.3 Å². The van der Waals surface area contributed by atoms with Crippen molar-refractivity contribution in [1.29, 1.82) is 0 Å². The minimum absolute atomic E-state index is 0.122. The zero-order chi connectivity index (χ0) is 21.2. The molecular weight excluding hydrogens is 396 g/mol. The van der Waals surface area contributed by atoms with Crippen LogP contribution in [0.4, 0.5) is 0 Å². The largest absolute Gasteiger partial charge is 0.236 e. The van der Waals surface area contributed by atoms with Crippen molar-refractivity contribution in [2.24, 2.45) is 0 Å². The second kappa shape index (κ2) is 6.60. The van der Waals surface area contributed by atoms with Gasteiger partial charge in [0, 0.05) is 21.0 Å². The van der Waals surface area contributed by atoms with Gasteiger partial charge in [0.2, 0.25) is 0 Å². The van der Waals surface area contributed by atoms with Crippen molar-refractivity contribution < 1.29 is 0 Å². The summed E-state index contributed by atoms with van der Waals surface area (Å²) < 4.78 is 1.28. The molecule has 6 aromatic rings. The van der Waals surface area contributed by atoms with Crippen LogP contribution >= 0.6 is 11.3 Å². The topological polar surface area (TPSA) is 25.8 Å². The van der Waals surface area contributed by atoms with Crippen LogP contribution in [0.5, 0.6) is 0 Å². The molecule has 2 nitrogen and oxygen atoms in total. The summed E-state index contributed by atoms with van der Waals surface area (Å²) in [5, 5.41) is 7.41. The number of nitrogens with zero attached hydrogens (tertiary/aromatic N) is 2. The second-order valence-electron chi connectivity index (χ2n) is 9.16. The standard InChI is InChI=1S/C28H22N2S/c1-28(2,3)19-12-14-20-18(15-19)8-6-10-22(20)25-24-23-13-11-17-7-4-5-9-21(17)26(23)31-27(24)30-16-29-25/h4-16H,1-3H3. The van der Waals surface area contributed by atoms with Crippen molar-refractivity contribution in [2.75, 3.05) is 0 Å². The SMILES string of the molecule is CC(C)(C)c1ccc2c(-c3ncnc4sc5c6ccccc6ccc5c34)cccc2c1. The molecule has 4 aromatic carbocycles. The lowest BCUT2D eigenvalue weighted by atomic mass is 9.85. The van der Waals surface area contributed by atoms with Gasteiger partial charge in [-0.3, -0.25) is 0 Å². The Morgan fingerprint density at radius 3 is 2.39 bits per heavy atom. The first-order valence-corrected chi connectivity index (χ1v) is 11.4. The molecule has 0 fully saturated rings. The minimum atomic E-state index is 0.122. The Bertz CT molecular complexity index is 1620. The Hall–Kier alpha value is -3.30. The summed E-state index contributed by atoms with van der Waals surface area (Å²) in [6.45, 7) is 6.77. The summed E-state index contributed by atoms with van der Waals surface area (Å²) in [5.41, 5.74) is 3.65. The lowest BCUT2D eigenvalue weighted by Crippen LogP contribution is -2.10. The summed E-state index contributed by atoms with van der Waals surface area (Å²) in [6, 6.07) is 26.4. The third-order valence-electron chi connectivity index (χ3n) is 6.16. The molecule has 0 aliphatic carbocycles. The van der Waals surface area contributed by atoms with Crippen LogP contribution in [-0.4, -0.2) is 9.97 Å². The Balaban J connectivity index is 1.68. The van der Waals surface area contributed by atoms with Gasteiger partial charge in [-0.25, -0.2) is 9.97 Å². The molecule has 0 spiro atoms. The van der Waals surface area contributed by atoms with E-state index in [4.69, 9.17) is 4.98 Å². The van der Waals surface area contributed by atoms with Crippen LogP contribution in [0.2, 0.25) is 0 Å². The second-order valence-corrected chi connectivity index (χ2v) is 10.2. The fourth-order valence-corrected chi connectivity index (χ4v) is 5.67. The number of benzene rings is 4. The Morgan fingerprint density at radius 2 is 1.52 bits per heavy atom. The first kappa shape index (κ1) is 18.5. The predicted molar refractivity (Wildman–Crippen MR) is 134 cm³/mol. The highest BCUT2D eigenvalue weighted by atomic mass is 32.1. The highest BCUT2D eigenvalue weighted by molar-refractivity contribution is 7.26. The van der Waals surface area contributed by atoms with E-state index in [0.717, 1.165) is 15.9 Å². The molecule has 0 aliphatic heterocycles. The number of rotatable bonds is 1. The first-order chi connectivity index (χ1) is 15.0. The van der Waals surface area contributed by atoms with Gasteiger partial charge >= 0.3 is 0 Å². The molecule has 0 amide bonds. The normalized spacial score (nSPS) is 12.4. The van der Waals surface area contributed by atoms with E-state index in [1.807, 2.05) is 0 Å². The summed E-state index contributed by atoms with van der Waals surface area (Å²) >= 11 is 1.76. The van der Waals surface area contributed by atoms with Crippen LogP contribution in [0.1, 0.15) is 26.3 Å². The highest BCUT2D eigenvalue weighted by Crippen LogP contribution is 2.42. The van der Waals surface area contributed by atoms with Crippen molar-refractivity contribution in [3.63, 3.8) is 0 Å². The molecule has 0 aliphatic rings. The van der Waals surface area contributed by atoms with Gasteiger partial charge in [0.1, 0.15) is 11.2 Å². The van der Waals surface area contributed by atoms with Gasteiger partial charge in [-0.1, -0.05) is 93.6 Å². The third-order valence-corrected chi connectivity index (χ3v) is 7.31. The zero-order valence-electron chi connectivity index (χ0n) is 17.8. The molecule has 2 heterocycles. The fourth-order valence-electron chi connectivity index (χ4n) is 4.50. The monoisotopic (exact) mass is 418 g/mol. The van der Waals surface area contributed by atoms with E-state index in [2.05, 4.69) is 98.6 Å². The maximum absolute atomic E-state index is 4.80. The lowest BCUT2D eigenvalue weighted by molar-refractivity contribution is 0.591. The van der Waals surface area contributed by atoms with Crippen LogP contribution in [-0.2, 0) is 5.41 Å². The molecule has 0 bridgehead atoms. The molecule has 2 aromatic heterocycles. The zero-order valence-corrected chi connectivity index (χ0v) is 18.6. The molecule has 0 atom stereocenters. The summed E-state index contributed by atoms with van der Waals surface area (Å²) in [7, 11) is 0. The molecule has 0 saturated heterocycles. The van der Waals surface area contributed by atoms with E-state index in [0.29, 0.717) is 0 Å². The maximum Gasteiger partial charge on any atom is 0.128 e. The van der Waals surface area contributed by atoms with E-state index in [-0.39, 0.29) is 5.41 Å². The number of hydrogen-bond acceptors (Lipinski definition) is 3. The third kappa shape index (κ3) is 2.84. The van der Waals surface area contributed by atoms with Gasteiger partial charge < -0.3 is 0 Å². The molecule has 31 heavy (non-hydrogen) atoms. The number of fused-ring (bicyclic) bond motifs is 6. The first-order valence-electron chi connectivity index (χ1n) is 10.6. The summed E-state index contributed by atoms with van der Waals surface area (Å²) in [4.78, 5) is 10.5. The van der Waals surface area contributed by atoms with Crippen LogP contribution in [0.3, 0.4) is 0 Å². The molecular formula is C28H22N2S. The fraction of sp³-hybridized carbons (Fsp3) is 0.143. The number of aromatic nitrogens is 2. The molecule has 0 radical (unpaired) electrons. The molecule has 150 valence electrons. The molecule has 3 heteroatoms. The Labute approximate surface area is 185 Å². The number of thiophene rings is 1. The van der Waals surface area contributed by atoms with Gasteiger partial charge in [0.05, 0.1) is 5.69 Å². The van der Waals surface area contributed by atoms with Crippen LogP contribution in [0.25, 0.3) is 53.1 Å². The quantitative estimate of drug-likeness (QED) is 0.269. The van der Waals surface area contributed by atoms with E-state index >= 15 is 0 Å². The van der Waals surface area contributed by atoms with Crippen LogP contribution in [0, 0.1) is 0 Å². The van der Waals surface area contributed by atoms with Gasteiger partial charge in [-0.15, -0.1) is 11.3 Å². The van der Waals surface area contributed by atoms with Crippen LogP contribution in [0.15, 0.2) is 79.1 Å². The van der Waals surface area contributed by atoms with E-state index in [1.54, 1.807) is 17.7 Å². The van der Waals surface area contributed by atoms with Crippen LogP contribution < -0.4 is 0 Å². The van der Waals surface area contributed by atoms with E-state index in [1.165, 1.54) is 42.8 Å². The maximum atomic E-state index is 4.80. The van der Waals surface area contributed by atoms with Gasteiger partial charge in [0.25, 0.3) is 0 Å². The van der Waals surface area contributed by atoms with E-state index in [9.17, 15) is 0 Å². The summed E-state index contributed by atoms with van der Waals surface area (Å²) in [6.07, 6.45) is 1.71. The molecule has 6 rings (SSSR count). The molecule has 0 unspecified atom stereocenters. The Kier molecular flexibility index (Phi) is 3.93. The predicted octanol–water partition coefficient (Wildman–Crippen LogP) is 8.12. The van der Waals surface area contributed by atoms with Crippen molar-refractivity contribution in [3.05, 3.63) is 84.7 Å². The van der Waals surface area contributed by atoms with Crippen molar-refractivity contribution in [2.45, 2.75) is 26.2 Å². The van der Waals surface area contributed by atoms with Crippen molar-refractivity contribution in [1.82, 2.24) is 9.97 Å². The van der Waals surface area contributed by atoms with Gasteiger partial charge in [-0.2, -0.15) is 0 Å². The van der Waals surface area contributed by atoms with Gasteiger partial charge in [-0.05, 0) is 32.5 Å². The van der Waals surface area contributed by atoms with Gasteiger partial charge in [0.15, 0.2) is 0 Å². The average molecular weight is 419 g/mol. The minimum Gasteiger partial charge on any atom is -0.236 e. The summed E-state index contributed by atoms with van der Waals surface area (Å²) in [5.74, 6) is 0. The average Bonchev–Trinajstić information content (AvgIpc) is 3.17. The smallest absolute Gasteiger partial charge is 0.128 e. The Morgan fingerprint density at radius 1 is 0.710 bits per heavy atom. The van der Waals surface area contributed by atoms with Crippen molar-refractivity contribution >= 4 is 53.2 Å². The lowest BCUT2D eigenvalue weighted by Gasteiger charge is -2.20. The number of hydrogen-bond donors (Lipinski definition) is 0. The van der Waals surface area contributed by atoms with E-state index < -0.39 is 0 Å².